The molecule has 0 aliphatic rings. The number of benzene rings is 2. The van der Waals surface area contributed by atoms with Gasteiger partial charge < -0.3 is 5.32 Å². The van der Waals surface area contributed by atoms with Gasteiger partial charge in [-0.2, -0.15) is 36.4 Å². The average Bonchev–Trinajstić information content (AvgIpc) is 2.68. The number of nitrogens with one attached hydrogen (secondary N) is 2. The Balaban J connectivity index is 1.89. The van der Waals surface area contributed by atoms with Crippen molar-refractivity contribution in [3.63, 3.8) is 0 Å². The quantitative estimate of drug-likeness (QED) is 0.225. The van der Waals surface area contributed by atoms with E-state index in [2.05, 4.69) is 41.7 Å². The van der Waals surface area contributed by atoms with E-state index in [1.165, 1.54) is 6.21 Å². The molecule has 0 aliphatic heterocycles. The number of aromatic nitrogens is 2. The first-order valence-corrected chi connectivity index (χ1v) is 9.36. The van der Waals surface area contributed by atoms with Gasteiger partial charge in [-0.05, 0) is 35.9 Å². The molecular formula is C19H11BrF7N5. The molecule has 1 aromatic heterocycles. The molecule has 0 unspecified atom stereocenters. The van der Waals surface area contributed by atoms with Crippen LogP contribution in [0.25, 0.3) is 0 Å². The summed E-state index contributed by atoms with van der Waals surface area (Å²) in [6.07, 6.45) is -8.56. The van der Waals surface area contributed by atoms with Crippen LogP contribution in [0.3, 0.4) is 0 Å². The highest BCUT2D eigenvalue weighted by Gasteiger charge is 2.35. The highest BCUT2D eigenvalue weighted by Crippen LogP contribution is 2.34. The maximum atomic E-state index is 13.4. The van der Waals surface area contributed by atoms with Gasteiger partial charge in [0.15, 0.2) is 5.69 Å². The Morgan fingerprint density at radius 2 is 1.66 bits per heavy atom. The SMILES string of the molecule is Fc1ccc(Nc2cc(C(F)(F)F)nc(N/N=C/c3cccc(Br)c3)n2)cc1C(F)(F)F. The lowest BCUT2D eigenvalue weighted by Crippen LogP contribution is -2.12. The Bertz CT molecular complexity index is 1150. The van der Waals surface area contributed by atoms with Crippen molar-refractivity contribution in [2.45, 2.75) is 12.4 Å². The van der Waals surface area contributed by atoms with Gasteiger partial charge in [0, 0.05) is 16.2 Å². The predicted molar refractivity (Wildman–Crippen MR) is 107 cm³/mol. The third kappa shape index (κ3) is 6.15. The molecule has 0 spiro atoms. The first kappa shape index (κ1) is 23.4. The topological polar surface area (TPSA) is 62.2 Å². The molecular weight excluding hydrogens is 511 g/mol. The zero-order valence-corrected chi connectivity index (χ0v) is 17.1. The molecule has 2 N–H and O–H groups in total. The van der Waals surface area contributed by atoms with Crippen LogP contribution in [-0.4, -0.2) is 16.2 Å². The molecule has 0 saturated heterocycles. The second kappa shape index (κ2) is 9.10. The largest absolute Gasteiger partial charge is 0.433 e. The Kier molecular flexibility index (Phi) is 6.67. The molecule has 168 valence electrons. The molecule has 3 rings (SSSR count). The predicted octanol–water partition coefficient (Wildman–Crippen LogP) is 6.61. The normalized spacial score (nSPS) is 12.2. The van der Waals surface area contributed by atoms with Crippen molar-refractivity contribution in [2.24, 2.45) is 5.10 Å². The van der Waals surface area contributed by atoms with Gasteiger partial charge in [-0.1, -0.05) is 28.1 Å². The number of halogens is 8. The second-order valence-corrected chi connectivity index (χ2v) is 7.12. The van der Waals surface area contributed by atoms with Crippen LogP contribution >= 0.6 is 15.9 Å². The van der Waals surface area contributed by atoms with Crippen LogP contribution in [0.2, 0.25) is 0 Å². The number of hydrogen-bond donors (Lipinski definition) is 2. The lowest BCUT2D eigenvalue weighted by molar-refractivity contribution is -0.141. The smallest absolute Gasteiger partial charge is 0.340 e. The van der Waals surface area contributed by atoms with Gasteiger partial charge >= 0.3 is 12.4 Å². The van der Waals surface area contributed by atoms with Crippen molar-refractivity contribution in [3.8, 4) is 0 Å². The first-order chi connectivity index (χ1) is 14.9. The van der Waals surface area contributed by atoms with Crippen LogP contribution < -0.4 is 10.7 Å². The number of nitrogens with zero attached hydrogens (tertiary/aromatic N) is 3. The van der Waals surface area contributed by atoms with Crippen LogP contribution in [0, 0.1) is 5.82 Å². The van der Waals surface area contributed by atoms with E-state index in [1.54, 1.807) is 24.3 Å². The van der Waals surface area contributed by atoms with Gasteiger partial charge in [-0.3, -0.25) is 0 Å². The molecule has 5 nitrogen and oxygen atoms in total. The number of alkyl halides is 6. The van der Waals surface area contributed by atoms with Crippen molar-refractivity contribution in [2.75, 3.05) is 10.7 Å². The van der Waals surface area contributed by atoms with E-state index in [0.29, 0.717) is 23.8 Å². The molecule has 0 saturated carbocycles. The molecule has 0 amide bonds. The number of hydrogen-bond acceptors (Lipinski definition) is 5. The lowest BCUT2D eigenvalue weighted by Gasteiger charge is -2.13. The Morgan fingerprint density at radius 1 is 0.906 bits per heavy atom. The Labute approximate surface area is 184 Å². The summed E-state index contributed by atoms with van der Waals surface area (Å²) in [5, 5.41) is 6.06. The summed E-state index contributed by atoms with van der Waals surface area (Å²) in [6.45, 7) is 0. The van der Waals surface area contributed by atoms with Crippen molar-refractivity contribution in [1.82, 2.24) is 9.97 Å². The summed E-state index contributed by atoms with van der Waals surface area (Å²) in [5.74, 6) is -2.56. The Hall–Kier alpha value is -3.22. The molecule has 0 bridgehead atoms. The van der Waals surface area contributed by atoms with Crippen molar-refractivity contribution < 1.29 is 30.7 Å². The molecule has 1 heterocycles. The molecule has 0 aliphatic carbocycles. The third-order valence-electron chi connectivity index (χ3n) is 3.79. The molecule has 0 fully saturated rings. The molecule has 32 heavy (non-hydrogen) atoms. The fraction of sp³-hybridized carbons (Fsp3) is 0.105. The van der Waals surface area contributed by atoms with E-state index in [9.17, 15) is 30.7 Å². The van der Waals surface area contributed by atoms with Crippen LogP contribution in [0.1, 0.15) is 16.8 Å². The van der Waals surface area contributed by atoms with Gasteiger partial charge in [0.1, 0.15) is 11.6 Å². The number of hydrazone groups is 1. The summed E-state index contributed by atoms with van der Waals surface area (Å²) in [7, 11) is 0. The fourth-order valence-electron chi connectivity index (χ4n) is 2.43. The van der Waals surface area contributed by atoms with Gasteiger partial charge in [0.2, 0.25) is 5.95 Å². The number of rotatable bonds is 5. The van der Waals surface area contributed by atoms with E-state index < -0.39 is 41.2 Å². The minimum absolute atomic E-state index is 0.325. The van der Waals surface area contributed by atoms with E-state index >= 15 is 0 Å². The van der Waals surface area contributed by atoms with Crippen molar-refractivity contribution >= 4 is 39.6 Å². The zero-order chi connectivity index (χ0) is 23.5. The first-order valence-electron chi connectivity index (χ1n) is 8.56. The minimum Gasteiger partial charge on any atom is -0.340 e. The molecule has 3 aromatic rings. The summed E-state index contributed by atoms with van der Waals surface area (Å²) < 4.78 is 92.5. The Morgan fingerprint density at radius 3 is 2.31 bits per heavy atom. The van der Waals surface area contributed by atoms with Crippen molar-refractivity contribution in [1.29, 1.82) is 0 Å². The number of anilines is 3. The monoisotopic (exact) mass is 521 g/mol. The maximum Gasteiger partial charge on any atom is 0.433 e. The fourth-order valence-corrected chi connectivity index (χ4v) is 2.84. The highest BCUT2D eigenvalue weighted by atomic mass is 79.9. The summed E-state index contributed by atoms with van der Waals surface area (Å²) in [5.41, 5.74) is -0.409. The third-order valence-corrected chi connectivity index (χ3v) is 4.28. The standard InChI is InChI=1S/C19H11BrF7N5/c20-11-3-1-2-10(6-11)9-28-32-17-30-15(19(25,26)27)8-16(31-17)29-12-4-5-14(21)13(7-12)18(22,23)24/h1-9H,(H2,29,30,31,32)/b28-9+. The van der Waals surface area contributed by atoms with Crippen LogP contribution in [0.5, 0.6) is 0 Å². The van der Waals surface area contributed by atoms with Gasteiger partial charge in [-0.25, -0.2) is 14.8 Å². The zero-order valence-electron chi connectivity index (χ0n) is 15.6. The van der Waals surface area contributed by atoms with E-state index in [-0.39, 0.29) is 5.69 Å². The van der Waals surface area contributed by atoms with E-state index in [4.69, 9.17) is 0 Å². The molecule has 2 aromatic carbocycles. The summed E-state index contributed by atoms with van der Waals surface area (Å²) in [4.78, 5) is 7.09. The van der Waals surface area contributed by atoms with Crippen LogP contribution in [0.15, 0.2) is 58.1 Å². The van der Waals surface area contributed by atoms with Gasteiger partial charge in [0.05, 0.1) is 11.8 Å². The summed E-state index contributed by atoms with van der Waals surface area (Å²) in [6, 6.07) is 9.24. The van der Waals surface area contributed by atoms with E-state index in [1.807, 2.05) is 0 Å². The van der Waals surface area contributed by atoms with E-state index in [0.717, 1.165) is 10.5 Å². The minimum atomic E-state index is -4.99. The van der Waals surface area contributed by atoms with Crippen molar-refractivity contribution in [3.05, 3.63) is 75.6 Å². The second-order valence-electron chi connectivity index (χ2n) is 6.20. The molecule has 13 heteroatoms. The highest BCUT2D eigenvalue weighted by molar-refractivity contribution is 9.10. The van der Waals surface area contributed by atoms with Gasteiger partial charge in [-0.15, -0.1) is 0 Å². The molecule has 0 atom stereocenters. The van der Waals surface area contributed by atoms with Gasteiger partial charge in [0.25, 0.3) is 0 Å². The lowest BCUT2D eigenvalue weighted by atomic mass is 10.2. The summed E-state index contributed by atoms with van der Waals surface area (Å²) >= 11 is 3.26. The average molecular weight is 522 g/mol. The maximum absolute atomic E-state index is 13.4. The van der Waals surface area contributed by atoms with Crippen LogP contribution in [-0.2, 0) is 12.4 Å². The molecule has 0 radical (unpaired) electrons. The van der Waals surface area contributed by atoms with Crippen LogP contribution in [0.4, 0.5) is 48.2 Å².